The van der Waals surface area contributed by atoms with E-state index in [1.54, 1.807) is 6.92 Å². The van der Waals surface area contributed by atoms with Gasteiger partial charge < -0.3 is 0 Å². The van der Waals surface area contributed by atoms with Crippen molar-refractivity contribution in [2.45, 2.75) is 59.5 Å². The van der Waals surface area contributed by atoms with Crippen LogP contribution in [0.2, 0.25) is 0 Å². The second-order valence-electron chi connectivity index (χ2n) is 7.47. The number of benzene rings is 1. The molecule has 1 unspecified atom stereocenters. The van der Waals surface area contributed by atoms with Gasteiger partial charge in [-0.25, -0.2) is 0 Å². The molecule has 23 heavy (non-hydrogen) atoms. The molecule has 126 valence electrons. The Morgan fingerprint density at radius 2 is 1.83 bits per heavy atom. The zero-order valence-corrected chi connectivity index (χ0v) is 15.1. The van der Waals surface area contributed by atoms with Crippen LogP contribution in [0.15, 0.2) is 6.07 Å². The number of hydrogen-bond donors (Lipinski definition) is 0. The van der Waals surface area contributed by atoms with Crippen LogP contribution in [0.25, 0.3) is 0 Å². The van der Waals surface area contributed by atoms with E-state index in [2.05, 4.69) is 36.6 Å². The first-order valence-electron chi connectivity index (χ1n) is 9.04. The Bertz CT molecular complexity index is 602. The Morgan fingerprint density at radius 3 is 2.48 bits per heavy atom. The van der Waals surface area contributed by atoms with Gasteiger partial charge in [-0.2, -0.15) is 0 Å². The zero-order chi connectivity index (χ0) is 16.6. The number of aryl methyl sites for hydroxylation is 2. The van der Waals surface area contributed by atoms with E-state index >= 15 is 0 Å². The molecule has 0 bridgehead atoms. The molecule has 1 atom stereocenters. The summed E-state index contributed by atoms with van der Waals surface area (Å²) in [6, 6.07) is 2.93. The van der Waals surface area contributed by atoms with Crippen molar-refractivity contribution in [2.24, 2.45) is 0 Å². The largest absolute Gasteiger partial charge is 0.299 e. The summed E-state index contributed by atoms with van der Waals surface area (Å²) in [5.41, 5.74) is 5.94. The minimum atomic E-state index is 0.192. The van der Waals surface area contributed by atoms with Crippen LogP contribution in [0.5, 0.6) is 0 Å². The average molecular weight is 314 g/mol. The second-order valence-corrected chi connectivity index (χ2v) is 7.47. The van der Waals surface area contributed by atoms with Gasteiger partial charge >= 0.3 is 0 Å². The first kappa shape index (κ1) is 16.7. The Balaban J connectivity index is 1.75. The molecule has 1 aromatic carbocycles. The maximum absolute atomic E-state index is 12.0. The number of hydrogen-bond acceptors (Lipinski definition) is 3. The topological polar surface area (TPSA) is 23.6 Å². The fraction of sp³-hybridized carbons (Fsp3) is 0.650. The maximum atomic E-state index is 12.0. The molecule has 2 saturated heterocycles. The number of nitrogens with zero attached hydrogens (tertiary/aromatic N) is 2. The number of likely N-dealkylation sites (tertiary alicyclic amines) is 2. The van der Waals surface area contributed by atoms with Crippen molar-refractivity contribution < 1.29 is 4.79 Å². The highest BCUT2D eigenvalue weighted by Crippen LogP contribution is 2.27. The van der Waals surface area contributed by atoms with Gasteiger partial charge in [0.25, 0.3) is 0 Å². The lowest BCUT2D eigenvalue weighted by atomic mass is 9.91. The second kappa shape index (κ2) is 6.74. The third-order valence-corrected chi connectivity index (χ3v) is 5.77. The molecule has 2 heterocycles. The van der Waals surface area contributed by atoms with Crippen LogP contribution in [-0.2, 0) is 6.54 Å². The molecule has 2 fully saturated rings. The molecule has 0 N–H and O–H groups in total. The summed E-state index contributed by atoms with van der Waals surface area (Å²) in [4.78, 5) is 17.3. The molecule has 3 nitrogen and oxygen atoms in total. The average Bonchev–Trinajstić information content (AvgIpc) is 3.13. The first-order chi connectivity index (χ1) is 11.0. The molecular weight excluding hydrogens is 284 g/mol. The van der Waals surface area contributed by atoms with E-state index in [9.17, 15) is 4.79 Å². The summed E-state index contributed by atoms with van der Waals surface area (Å²) >= 11 is 0. The molecule has 0 saturated carbocycles. The highest BCUT2D eigenvalue weighted by atomic mass is 16.1. The van der Waals surface area contributed by atoms with E-state index in [1.165, 1.54) is 62.1 Å². The van der Waals surface area contributed by atoms with Gasteiger partial charge in [0.1, 0.15) is 0 Å². The minimum Gasteiger partial charge on any atom is -0.299 e. The number of ketones is 1. The molecule has 2 aliphatic heterocycles. The van der Waals surface area contributed by atoms with Gasteiger partial charge in [0.2, 0.25) is 0 Å². The monoisotopic (exact) mass is 314 g/mol. The van der Waals surface area contributed by atoms with Gasteiger partial charge in [0.05, 0.1) is 0 Å². The Morgan fingerprint density at radius 1 is 1.13 bits per heavy atom. The molecule has 0 aromatic heterocycles. The van der Waals surface area contributed by atoms with Gasteiger partial charge in [0.15, 0.2) is 5.78 Å². The summed E-state index contributed by atoms with van der Waals surface area (Å²) < 4.78 is 0. The van der Waals surface area contributed by atoms with Gasteiger partial charge in [-0.1, -0.05) is 6.07 Å². The van der Waals surface area contributed by atoms with Crippen molar-refractivity contribution in [1.29, 1.82) is 0 Å². The van der Waals surface area contributed by atoms with Gasteiger partial charge in [0, 0.05) is 31.2 Å². The molecule has 0 radical (unpaired) electrons. The lowest BCUT2D eigenvalue weighted by molar-refractivity contribution is 0.101. The molecule has 3 heteroatoms. The van der Waals surface area contributed by atoms with Crippen LogP contribution < -0.4 is 0 Å². The van der Waals surface area contributed by atoms with Gasteiger partial charge in [-0.05, 0) is 82.3 Å². The SMILES string of the molecule is CC(=O)c1c(C)cc(C)c(CN2CCC(N3CCCC3)C2)c1C. The van der Waals surface area contributed by atoms with E-state index in [-0.39, 0.29) is 5.78 Å². The summed E-state index contributed by atoms with van der Waals surface area (Å²) in [5, 5.41) is 0. The molecule has 2 aliphatic rings. The molecule has 0 spiro atoms. The fourth-order valence-electron chi connectivity index (χ4n) is 4.60. The van der Waals surface area contributed by atoms with E-state index in [0.717, 1.165) is 23.7 Å². The highest BCUT2D eigenvalue weighted by Gasteiger charge is 2.29. The highest BCUT2D eigenvalue weighted by molar-refractivity contribution is 5.97. The Kier molecular flexibility index (Phi) is 4.88. The van der Waals surface area contributed by atoms with Crippen LogP contribution in [0.3, 0.4) is 0 Å². The quantitative estimate of drug-likeness (QED) is 0.795. The lowest BCUT2D eigenvalue weighted by Gasteiger charge is -2.25. The van der Waals surface area contributed by atoms with Crippen molar-refractivity contribution in [1.82, 2.24) is 9.80 Å². The first-order valence-corrected chi connectivity index (χ1v) is 9.04. The number of Topliss-reactive ketones (excluding diaryl/α,β-unsaturated/α-hetero) is 1. The number of carbonyl (C=O) groups is 1. The summed E-state index contributed by atoms with van der Waals surface area (Å²) in [6.07, 6.45) is 4.03. The van der Waals surface area contributed by atoms with Crippen molar-refractivity contribution in [3.05, 3.63) is 33.9 Å². The Hall–Kier alpha value is -1.19. The normalized spacial score (nSPS) is 22.9. The van der Waals surface area contributed by atoms with Crippen LogP contribution in [0, 0.1) is 20.8 Å². The summed E-state index contributed by atoms with van der Waals surface area (Å²) in [6.45, 7) is 14.0. The van der Waals surface area contributed by atoms with Crippen LogP contribution in [0.4, 0.5) is 0 Å². The van der Waals surface area contributed by atoms with Crippen molar-refractivity contribution in [3.8, 4) is 0 Å². The number of carbonyl (C=O) groups excluding carboxylic acids is 1. The third-order valence-electron chi connectivity index (χ3n) is 5.77. The maximum Gasteiger partial charge on any atom is 0.160 e. The summed E-state index contributed by atoms with van der Waals surface area (Å²) in [5.74, 6) is 0.192. The molecule has 0 aliphatic carbocycles. The Labute approximate surface area is 140 Å². The molecule has 0 amide bonds. The van der Waals surface area contributed by atoms with Crippen molar-refractivity contribution >= 4 is 5.78 Å². The molecule has 1 aromatic rings. The van der Waals surface area contributed by atoms with E-state index < -0.39 is 0 Å². The van der Waals surface area contributed by atoms with Gasteiger partial charge in [-0.3, -0.25) is 14.6 Å². The van der Waals surface area contributed by atoms with Crippen LogP contribution in [-0.4, -0.2) is 47.8 Å². The van der Waals surface area contributed by atoms with E-state index in [4.69, 9.17) is 0 Å². The molecular formula is C20H30N2O. The van der Waals surface area contributed by atoms with Crippen molar-refractivity contribution in [2.75, 3.05) is 26.2 Å². The zero-order valence-electron chi connectivity index (χ0n) is 15.1. The van der Waals surface area contributed by atoms with Gasteiger partial charge in [-0.15, -0.1) is 0 Å². The third kappa shape index (κ3) is 3.36. The summed E-state index contributed by atoms with van der Waals surface area (Å²) in [7, 11) is 0. The van der Waals surface area contributed by atoms with Crippen molar-refractivity contribution in [3.63, 3.8) is 0 Å². The van der Waals surface area contributed by atoms with Crippen LogP contribution in [0.1, 0.15) is 58.8 Å². The number of rotatable bonds is 4. The smallest absolute Gasteiger partial charge is 0.160 e. The predicted molar refractivity (Wildman–Crippen MR) is 95.1 cm³/mol. The fourth-order valence-corrected chi connectivity index (χ4v) is 4.60. The van der Waals surface area contributed by atoms with Crippen LogP contribution >= 0.6 is 0 Å². The van der Waals surface area contributed by atoms with E-state index in [0.29, 0.717) is 0 Å². The van der Waals surface area contributed by atoms with E-state index in [1.807, 2.05) is 0 Å². The lowest BCUT2D eigenvalue weighted by Crippen LogP contribution is -2.35. The minimum absolute atomic E-state index is 0.192. The predicted octanol–water partition coefficient (Wildman–Crippen LogP) is 3.48. The standard InChI is InChI=1S/C20H30N2O/c1-14-11-15(2)20(17(4)23)16(3)19(14)13-21-10-7-18(12-21)22-8-5-6-9-22/h11,18H,5-10,12-13H2,1-4H3. The molecule has 3 rings (SSSR count).